The molecule has 1 unspecified atom stereocenters. The molecule has 0 aliphatic carbocycles. The quantitative estimate of drug-likeness (QED) is 0.322. The van der Waals surface area contributed by atoms with Crippen LogP contribution in [0.15, 0.2) is 45.6 Å². The van der Waals surface area contributed by atoms with Crippen molar-refractivity contribution in [3.63, 3.8) is 0 Å². The molecule has 39 heavy (non-hydrogen) atoms. The standard InChI is InChI=1S/C31H38N2O6/c1-4-6-16-38-25-11-9-22(20-26(25)37-5-2)28-27-29(34)23-19-21(3)8-10-24(23)39-30(27)31(35)33(28)13-7-12-32-14-17-36-18-15-32/h8-11,19-20,28H,4-7,12-18H2,1-3H3. The number of aryl methyl sites for hydroxylation is 1. The average Bonchev–Trinajstić information content (AvgIpc) is 3.22. The number of fused-ring (bicyclic) bond motifs is 2. The summed E-state index contributed by atoms with van der Waals surface area (Å²) in [6, 6.07) is 10.7. The van der Waals surface area contributed by atoms with E-state index >= 15 is 0 Å². The zero-order valence-electron chi connectivity index (χ0n) is 23.2. The molecule has 5 rings (SSSR count). The number of carbonyl (C=O) groups excluding carboxylic acids is 1. The number of benzene rings is 2. The van der Waals surface area contributed by atoms with Crippen molar-refractivity contribution in [2.45, 2.75) is 46.1 Å². The summed E-state index contributed by atoms with van der Waals surface area (Å²) in [4.78, 5) is 31.8. The third-order valence-electron chi connectivity index (χ3n) is 7.44. The van der Waals surface area contributed by atoms with Crippen molar-refractivity contribution < 1.29 is 23.4 Å². The van der Waals surface area contributed by atoms with Gasteiger partial charge in [-0.3, -0.25) is 14.5 Å². The van der Waals surface area contributed by atoms with E-state index < -0.39 is 6.04 Å². The Morgan fingerprint density at radius 3 is 2.54 bits per heavy atom. The average molecular weight is 535 g/mol. The van der Waals surface area contributed by atoms with Crippen LogP contribution in [0.3, 0.4) is 0 Å². The molecular weight excluding hydrogens is 496 g/mol. The Hall–Kier alpha value is -3.36. The van der Waals surface area contributed by atoms with Crippen LogP contribution in [0.4, 0.5) is 0 Å². The van der Waals surface area contributed by atoms with E-state index in [2.05, 4.69) is 11.8 Å². The van der Waals surface area contributed by atoms with Gasteiger partial charge in [0.2, 0.25) is 5.76 Å². The molecule has 0 saturated carbocycles. The van der Waals surface area contributed by atoms with Crippen LogP contribution >= 0.6 is 0 Å². The molecule has 2 aliphatic rings. The fourth-order valence-electron chi connectivity index (χ4n) is 5.41. The van der Waals surface area contributed by atoms with Crippen LogP contribution < -0.4 is 14.9 Å². The zero-order valence-corrected chi connectivity index (χ0v) is 23.2. The molecule has 0 bridgehead atoms. The molecule has 1 atom stereocenters. The number of hydrogen-bond donors (Lipinski definition) is 0. The first-order chi connectivity index (χ1) is 19.0. The van der Waals surface area contributed by atoms with E-state index in [1.54, 1.807) is 11.0 Å². The summed E-state index contributed by atoms with van der Waals surface area (Å²) in [5.41, 5.74) is 2.43. The Kier molecular flexibility index (Phi) is 8.53. The maximum Gasteiger partial charge on any atom is 0.290 e. The van der Waals surface area contributed by atoms with Crippen molar-refractivity contribution in [2.24, 2.45) is 0 Å². The highest BCUT2D eigenvalue weighted by molar-refractivity contribution is 5.99. The van der Waals surface area contributed by atoms with Crippen molar-refractivity contribution in [3.8, 4) is 11.5 Å². The molecule has 8 heteroatoms. The third-order valence-corrected chi connectivity index (χ3v) is 7.44. The lowest BCUT2D eigenvalue weighted by Gasteiger charge is -2.29. The molecule has 0 spiro atoms. The predicted octanol–water partition coefficient (Wildman–Crippen LogP) is 4.95. The van der Waals surface area contributed by atoms with E-state index in [1.807, 2.05) is 44.2 Å². The molecule has 2 aromatic carbocycles. The highest BCUT2D eigenvalue weighted by atomic mass is 16.5. The third kappa shape index (κ3) is 5.68. The summed E-state index contributed by atoms with van der Waals surface area (Å²) >= 11 is 0. The number of hydrogen-bond acceptors (Lipinski definition) is 7. The summed E-state index contributed by atoms with van der Waals surface area (Å²) in [6.45, 7) is 11.7. The van der Waals surface area contributed by atoms with E-state index in [4.69, 9.17) is 18.6 Å². The summed E-state index contributed by atoms with van der Waals surface area (Å²) < 4.78 is 23.5. The van der Waals surface area contributed by atoms with E-state index in [0.29, 0.717) is 47.8 Å². The van der Waals surface area contributed by atoms with Gasteiger partial charge >= 0.3 is 0 Å². The van der Waals surface area contributed by atoms with Gasteiger partial charge in [0.25, 0.3) is 5.91 Å². The Labute approximate surface area is 229 Å². The highest BCUT2D eigenvalue weighted by Crippen LogP contribution is 2.41. The molecule has 2 aliphatic heterocycles. The highest BCUT2D eigenvalue weighted by Gasteiger charge is 2.42. The normalized spacial score (nSPS) is 17.6. The first-order valence-corrected chi connectivity index (χ1v) is 14.1. The Balaban J connectivity index is 1.54. The maximum atomic E-state index is 13.9. The van der Waals surface area contributed by atoms with Gasteiger partial charge in [-0.1, -0.05) is 31.0 Å². The first kappa shape index (κ1) is 27.2. The van der Waals surface area contributed by atoms with Gasteiger partial charge in [-0.2, -0.15) is 0 Å². The molecule has 8 nitrogen and oxygen atoms in total. The van der Waals surface area contributed by atoms with Crippen LogP contribution in [-0.4, -0.2) is 68.3 Å². The molecule has 1 saturated heterocycles. The fourth-order valence-corrected chi connectivity index (χ4v) is 5.41. The molecule has 1 amide bonds. The summed E-state index contributed by atoms with van der Waals surface area (Å²) in [7, 11) is 0. The second kappa shape index (κ2) is 12.2. The topological polar surface area (TPSA) is 81.5 Å². The van der Waals surface area contributed by atoms with E-state index in [-0.39, 0.29) is 17.1 Å². The van der Waals surface area contributed by atoms with Gasteiger partial charge in [-0.05, 0) is 56.5 Å². The van der Waals surface area contributed by atoms with Crippen LogP contribution in [-0.2, 0) is 4.74 Å². The lowest BCUT2D eigenvalue weighted by atomic mass is 9.97. The number of carbonyl (C=O) groups is 1. The second-order valence-corrected chi connectivity index (χ2v) is 10.2. The van der Waals surface area contributed by atoms with Crippen LogP contribution in [0.1, 0.15) is 66.4 Å². The van der Waals surface area contributed by atoms with Crippen molar-refractivity contribution >= 4 is 16.9 Å². The minimum atomic E-state index is -0.567. The number of morpholine rings is 1. The monoisotopic (exact) mass is 534 g/mol. The largest absolute Gasteiger partial charge is 0.490 e. The van der Waals surface area contributed by atoms with Gasteiger partial charge in [-0.15, -0.1) is 0 Å². The molecule has 1 aromatic heterocycles. The SMILES string of the molecule is CCCCOc1ccc(C2c3c(oc4ccc(C)cc4c3=O)C(=O)N2CCCN2CCOCC2)cc1OCC. The maximum absolute atomic E-state index is 13.9. The molecule has 3 aromatic rings. The summed E-state index contributed by atoms with van der Waals surface area (Å²) in [6.07, 6.45) is 2.76. The lowest BCUT2D eigenvalue weighted by Crippen LogP contribution is -2.38. The number of ether oxygens (including phenoxy) is 3. The van der Waals surface area contributed by atoms with Gasteiger partial charge < -0.3 is 23.5 Å². The van der Waals surface area contributed by atoms with Crippen molar-refractivity contribution in [1.29, 1.82) is 0 Å². The molecule has 1 fully saturated rings. The lowest BCUT2D eigenvalue weighted by molar-refractivity contribution is 0.0353. The van der Waals surface area contributed by atoms with Gasteiger partial charge in [0.05, 0.1) is 43.4 Å². The molecule has 3 heterocycles. The van der Waals surface area contributed by atoms with Crippen LogP contribution in [0.2, 0.25) is 0 Å². The number of unbranched alkanes of at least 4 members (excludes halogenated alkanes) is 1. The van der Waals surface area contributed by atoms with Crippen molar-refractivity contribution in [1.82, 2.24) is 9.80 Å². The molecule has 0 radical (unpaired) electrons. The fraction of sp³-hybridized carbons (Fsp3) is 0.484. The second-order valence-electron chi connectivity index (χ2n) is 10.2. The minimum Gasteiger partial charge on any atom is -0.490 e. The smallest absolute Gasteiger partial charge is 0.290 e. The van der Waals surface area contributed by atoms with Crippen LogP contribution in [0.5, 0.6) is 11.5 Å². The molecule has 208 valence electrons. The van der Waals surface area contributed by atoms with Gasteiger partial charge in [0, 0.05) is 26.2 Å². The van der Waals surface area contributed by atoms with E-state index in [1.165, 1.54) is 0 Å². The molecule has 0 N–H and O–H groups in total. The number of nitrogens with zero attached hydrogens (tertiary/aromatic N) is 2. The van der Waals surface area contributed by atoms with Gasteiger partial charge in [0.15, 0.2) is 16.9 Å². The Bertz CT molecular complexity index is 1380. The summed E-state index contributed by atoms with van der Waals surface area (Å²) in [5.74, 6) is 1.16. The zero-order chi connectivity index (χ0) is 27.4. The number of rotatable bonds is 11. The van der Waals surface area contributed by atoms with Crippen LogP contribution in [0, 0.1) is 6.92 Å². The van der Waals surface area contributed by atoms with Gasteiger partial charge in [-0.25, -0.2) is 0 Å². The number of amides is 1. The van der Waals surface area contributed by atoms with E-state index in [0.717, 1.165) is 63.2 Å². The summed E-state index contributed by atoms with van der Waals surface area (Å²) in [5, 5.41) is 0.492. The Morgan fingerprint density at radius 1 is 0.949 bits per heavy atom. The van der Waals surface area contributed by atoms with Crippen molar-refractivity contribution in [3.05, 3.63) is 69.1 Å². The van der Waals surface area contributed by atoms with Crippen LogP contribution in [0.25, 0.3) is 11.0 Å². The van der Waals surface area contributed by atoms with Crippen molar-refractivity contribution in [2.75, 3.05) is 52.6 Å². The minimum absolute atomic E-state index is 0.133. The predicted molar refractivity (Wildman–Crippen MR) is 150 cm³/mol. The van der Waals surface area contributed by atoms with Gasteiger partial charge in [0.1, 0.15) is 5.58 Å². The Morgan fingerprint density at radius 2 is 1.77 bits per heavy atom. The molecular formula is C31H38N2O6. The first-order valence-electron chi connectivity index (χ1n) is 14.1. The van der Waals surface area contributed by atoms with E-state index in [9.17, 15) is 9.59 Å².